The molecule has 0 radical (unpaired) electrons. The number of likely N-dealkylation sites (N-methyl/N-ethyl adjacent to an activating group) is 1. The van der Waals surface area contributed by atoms with Crippen molar-refractivity contribution in [1.29, 1.82) is 0 Å². The molecule has 9 nitrogen and oxygen atoms in total. The minimum atomic E-state index is -0.609. The fraction of sp³-hybridized carbons (Fsp3) is 0.520. The quantitative estimate of drug-likeness (QED) is 0.613. The van der Waals surface area contributed by atoms with Crippen molar-refractivity contribution in [1.82, 2.24) is 19.3 Å². The molecule has 3 amide bonds. The largest absolute Gasteiger partial charge is 0.402 e. The summed E-state index contributed by atoms with van der Waals surface area (Å²) in [6, 6.07) is 6.98. The van der Waals surface area contributed by atoms with Gasteiger partial charge in [-0.05, 0) is 32.8 Å². The first-order valence-corrected chi connectivity index (χ1v) is 12.0. The highest BCUT2D eigenvalue weighted by Gasteiger charge is 2.54. The Kier molecular flexibility index (Phi) is 5.99. The van der Waals surface area contributed by atoms with Crippen LogP contribution in [0.3, 0.4) is 0 Å². The molecule has 1 unspecified atom stereocenters. The number of rotatable bonds is 6. The van der Waals surface area contributed by atoms with Gasteiger partial charge in [0.1, 0.15) is 11.4 Å². The lowest BCUT2D eigenvalue weighted by atomic mass is 10.1. The van der Waals surface area contributed by atoms with Gasteiger partial charge in [0.15, 0.2) is 0 Å². The normalized spacial score (nSPS) is 20.6. The van der Waals surface area contributed by atoms with Crippen LogP contribution in [0, 0.1) is 20.8 Å². The van der Waals surface area contributed by atoms with Crippen LogP contribution in [0.1, 0.15) is 35.0 Å². The van der Waals surface area contributed by atoms with Crippen LogP contribution < -0.4 is 4.57 Å². The first-order valence-electron chi connectivity index (χ1n) is 12.0. The van der Waals surface area contributed by atoms with Gasteiger partial charge in [0.25, 0.3) is 5.91 Å². The molecule has 2 saturated heterocycles. The van der Waals surface area contributed by atoms with Crippen molar-refractivity contribution in [3.05, 3.63) is 46.8 Å². The summed E-state index contributed by atoms with van der Waals surface area (Å²) in [5.74, 6) is 1.04. The number of hydrogen-bond donors (Lipinski definition) is 0. The zero-order valence-corrected chi connectivity index (χ0v) is 20.5. The number of aliphatic imine (C=N–C) groups is 1. The molecule has 9 heteroatoms. The molecule has 180 valence electrons. The SMILES string of the molecule is Cc1ccc(CN2C(=O)C3C(=Nc4n3c(C)c(C)[n+]4CCCN3CCOCC3)N(C)C2=O)cc1. The molecule has 1 atom stereocenters. The summed E-state index contributed by atoms with van der Waals surface area (Å²) in [4.78, 5) is 36.9. The molecular formula is C25H33N6O3+. The highest BCUT2D eigenvalue weighted by molar-refractivity contribution is 6.20. The Bertz CT molecular complexity index is 1150. The van der Waals surface area contributed by atoms with Crippen molar-refractivity contribution in [2.45, 2.75) is 46.3 Å². The number of imidazole rings is 1. The number of carbonyl (C=O) groups is 2. The maximum Gasteiger partial charge on any atom is 0.402 e. The number of urea groups is 1. The van der Waals surface area contributed by atoms with Gasteiger partial charge in [-0.3, -0.25) is 19.5 Å². The van der Waals surface area contributed by atoms with Crippen molar-refractivity contribution in [3.63, 3.8) is 0 Å². The molecule has 1 aromatic heterocycles. The van der Waals surface area contributed by atoms with Crippen LogP contribution in [-0.2, 0) is 22.6 Å². The highest BCUT2D eigenvalue weighted by atomic mass is 16.5. The summed E-state index contributed by atoms with van der Waals surface area (Å²) < 4.78 is 9.64. The van der Waals surface area contributed by atoms with Crippen LogP contribution in [0.15, 0.2) is 29.3 Å². The van der Waals surface area contributed by atoms with E-state index in [-0.39, 0.29) is 18.5 Å². The number of nitrogens with zero attached hydrogens (tertiary/aromatic N) is 6. The number of carbonyl (C=O) groups excluding carboxylic acids is 2. The number of aryl methyl sites for hydroxylation is 1. The van der Waals surface area contributed by atoms with E-state index >= 15 is 0 Å². The maximum atomic E-state index is 13.6. The molecule has 0 aliphatic carbocycles. The molecule has 34 heavy (non-hydrogen) atoms. The topological polar surface area (TPSA) is 74.3 Å². The number of fused-ring (bicyclic) bond motifs is 3. The third kappa shape index (κ3) is 3.82. The molecule has 0 N–H and O–H groups in total. The van der Waals surface area contributed by atoms with Crippen molar-refractivity contribution < 1.29 is 18.9 Å². The minimum absolute atomic E-state index is 0.222. The van der Waals surface area contributed by atoms with E-state index in [2.05, 4.69) is 16.4 Å². The number of ether oxygens (including phenoxy) is 1. The van der Waals surface area contributed by atoms with Gasteiger partial charge in [-0.15, -0.1) is 0 Å². The van der Waals surface area contributed by atoms with Crippen molar-refractivity contribution in [2.24, 2.45) is 4.99 Å². The van der Waals surface area contributed by atoms with E-state index in [1.165, 1.54) is 9.80 Å². The third-order valence-electron chi connectivity index (χ3n) is 7.25. The molecule has 0 bridgehead atoms. The summed E-state index contributed by atoms with van der Waals surface area (Å²) >= 11 is 0. The lowest BCUT2D eigenvalue weighted by molar-refractivity contribution is -0.689. The summed E-state index contributed by atoms with van der Waals surface area (Å²) in [7, 11) is 1.71. The summed E-state index contributed by atoms with van der Waals surface area (Å²) in [5.41, 5.74) is 4.19. The molecule has 3 aliphatic rings. The van der Waals surface area contributed by atoms with Crippen LogP contribution in [0.5, 0.6) is 0 Å². The fourth-order valence-electron chi connectivity index (χ4n) is 5.07. The molecular weight excluding hydrogens is 432 g/mol. The second-order valence-electron chi connectivity index (χ2n) is 9.42. The van der Waals surface area contributed by atoms with E-state index < -0.39 is 6.04 Å². The molecule has 2 aromatic rings. The summed E-state index contributed by atoms with van der Waals surface area (Å²) in [6.45, 7) is 11.7. The van der Waals surface area contributed by atoms with E-state index in [1.54, 1.807) is 7.05 Å². The van der Waals surface area contributed by atoms with Gasteiger partial charge in [0.05, 0.1) is 26.3 Å². The van der Waals surface area contributed by atoms with Gasteiger partial charge in [0, 0.05) is 26.7 Å². The van der Waals surface area contributed by atoms with Gasteiger partial charge in [0.2, 0.25) is 11.9 Å². The van der Waals surface area contributed by atoms with Gasteiger partial charge >= 0.3 is 12.0 Å². The Morgan fingerprint density at radius 2 is 1.79 bits per heavy atom. The van der Waals surface area contributed by atoms with E-state index in [0.29, 0.717) is 5.84 Å². The second kappa shape index (κ2) is 8.96. The average Bonchev–Trinajstić information content (AvgIpc) is 3.34. The third-order valence-corrected chi connectivity index (χ3v) is 7.25. The number of aromatic nitrogens is 2. The maximum absolute atomic E-state index is 13.6. The fourth-order valence-corrected chi connectivity index (χ4v) is 5.07. The lowest BCUT2D eigenvalue weighted by Crippen LogP contribution is -2.57. The minimum Gasteiger partial charge on any atom is -0.379 e. The van der Waals surface area contributed by atoms with Gasteiger partial charge < -0.3 is 4.74 Å². The van der Waals surface area contributed by atoms with Crippen LogP contribution in [-0.4, -0.2) is 76.9 Å². The van der Waals surface area contributed by atoms with E-state index in [9.17, 15) is 9.59 Å². The number of imide groups is 1. The molecule has 1 aromatic carbocycles. The number of amidine groups is 1. The van der Waals surface area contributed by atoms with Crippen LogP contribution in [0.2, 0.25) is 0 Å². The smallest absolute Gasteiger partial charge is 0.379 e. The van der Waals surface area contributed by atoms with Crippen LogP contribution >= 0.6 is 0 Å². The number of amides is 3. The number of morpholine rings is 1. The average molecular weight is 466 g/mol. The van der Waals surface area contributed by atoms with Gasteiger partial charge in [-0.25, -0.2) is 13.9 Å². The monoisotopic (exact) mass is 465 g/mol. The molecule has 0 spiro atoms. The standard InChI is InChI=1S/C25H33N6O3/c1-17-6-8-20(9-7-17)16-30-23(32)21-22(27(4)25(30)33)26-24-29(18(2)19(3)31(21)24)11-5-10-28-12-14-34-15-13-28/h6-9,21H,5,10-16H2,1-4H3/q+1. The summed E-state index contributed by atoms with van der Waals surface area (Å²) in [6.07, 6.45) is 0.986. The Balaban J connectivity index is 1.40. The van der Waals surface area contributed by atoms with E-state index in [1.807, 2.05) is 42.7 Å². The van der Waals surface area contributed by atoms with Crippen LogP contribution in [0.25, 0.3) is 0 Å². The van der Waals surface area contributed by atoms with Crippen molar-refractivity contribution in [3.8, 4) is 0 Å². The number of hydrogen-bond acceptors (Lipinski definition) is 5. The Morgan fingerprint density at radius 1 is 1.09 bits per heavy atom. The zero-order chi connectivity index (χ0) is 24.0. The Hall–Kier alpha value is -3.04. The Morgan fingerprint density at radius 3 is 2.50 bits per heavy atom. The van der Waals surface area contributed by atoms with E-state index in [4.69, 9.17) is 9.73 Å². The molecule has 2 fully saturated rings. The first kappa shape index (κ1) is 22.7. The Labute approximate surface area is 200 Å². The van der Waals surface area contributed by atoms with Gasteiger partial charge in [-0.1, -0.05) is 34.8 Å². The van der Waals surface area contributed by atoms with Gasteiger partial charge in [-0.2, -0.15) is 0 Å². The molecule has 0 saturated carbocycles. The zero-order valence-electron chi connectivity index (χ0n) is 20.5. The first-order chi connectivity index (χ1) is 16.4. The summed E-state index contributed by atoms with van der Waals surface area (Å²) in [5, 5.41) is 0. The lowest BCUT2D eigenvalue weighted by Gasteiger charge is -2.33. The predicted molar refractivity (Wildman–Crippen MR) is 127 cm³/mol. The predicted octanol–water partition coefficient (Wildman–Crippen LogP) is 2.10. The van der Waals surface area contributed by atoms with Crippen molar-refractivity contribution in [2.75, 3.05) is 39.9 Å². The molecule has 4 heterocycles. The van der Waals surface area contributed by atoms with Crippen molar-refractivity contribution >= 4 is 23.7 Å². The second-order valence-corrected chi connectivity index (χ2v) is 9.42. The van der Waals surface area contributed by atoms with Crippen LogP contribution in [0.4, 0.5) is 10.7 Å². The highest BCUT2D eigenvalue weighted by Crippen LogP contribution is 2.35. The van der Waals surface area contributed by atoms with E-state index in [0.717, 1.165) is 74.3 Å². The molecule has 3 aliphatic heterocycles. The number of benzene rings is 1. The molecule has 5 rings (SSSR count).